The van der Waals surface area contributed by atoms with Gasteiger partial charge in [0.25, 0.3) is 10.1 Å². The normalized spacial score (nSPS) is 20.4. The molecule has 1 aromatic rings. The molecule has 164 valence electrons. The number of hydrogen-bond acceptors (Lipinski definition) is 7. The van der Waals surface area contributed by atoms with E-state index in [0.29, 0.717) is 12.8 Å². The highest BCUT2D eigenvalue weighted by molar-refractivity contribution is 7.86. The fourth-order valence-electron chi connectivity index (χ4n) is 3.90. The molecule has 0 unspecified atom stereocenters. The molecular formula is C20H31NO7S. The van der Waals surface area contributed by atoms with Crippen molar-refractivity contribution in [2.45, 2.75) is 82.1 Å². The van der Waals surface area contributed by atoms with E-state index in [1.165, 1.54) is 18.2 Å². The summed E-state index contributed by atoms with van der Waals surface area (Å²) in [6.07, 6.45) is 0.411. The quantitative estimate of drug-likeness (QED) is 0.524. The molecule has 0 spiro atoms. The Morgan fingerprint density at radius 3 is 2.17 bits per heavy atom. The zero-order chi connectivity index (χ0) is 22.3. The Hall–Kier alpha value is -1.52. The molecule has 1 fully saturated rings. The number of hydroxylamine groups is 2. The fourth-order valence-corrected chi connectivity index (χ4v) is 4.58. The van der Waals surface area contributed by atoms with Crippen molar-refractivity contribution in [1.82, 2.24) is 5.06 Å². The summed E-state index contributed by atoms with van der Waals surface area (Å²) < 4.78 is 38.1. The van der Waals surface area contributed by atoms with E-state index in [9.17, 15) is 22.9 Å². The first-order chi connectivity index (χ1) is 13.0. The van der Waals surface area contributed by atoms with Gasteiger partial charge in [-0.05, 0) is 53.7 Å². The summed E-state index contributed by atoms with van der Waals surface area (Å²) in [6, 6.07) is 5.40. The molecule has 0 aromatic heterocycles. The number of rotatable bonds is 6. The molecule has 2 rings (SSSR count). The Kier molecular flexibility index (Phi) is 6.52. The minimum Gasteiger partial charge on any atom is -0.459 e. The molecule has 29 heavy (non-hydrogen) atoms. The molecule has 1 aliphatic heterocycles. The molecule has 2 N–H and O–H groups in total. The largest absolute Gasteiger partial charge is 0.459 e. The molecule has 1 aliphatic rings. The molecule has 0 radical (unpaired) electrons. The summed E-state index contributed by atoms with van der Waals surface area (Å²) in [7, 11) is -4.55. The van der Waals surface area contributed by atoms with Crippen LogP contribution in [0, 0.1) is 0 Å². The van der Waals surface area contributed by atoms with Gasteiger partial charge >= 0.3 is 5.97 Å². The number of carbonyl (C=O) groups excluding carboxylic acids is 1. The van der Waals surface area contributed by atoms with Crippen LogP contribution >= 0.6 is 0 Å². The van der Waals surface area contributed by atoms with E-state index in [1.807, 2.05) is 32.8 Å². The van der Waals surface area contributed by atoms with E-state index in [4.69, 9.17) is 9.57 Å². The lowest BCUT2D eigenvalue weighted by Crippen LogP contribution is -2.62. The second kappa shape index (κ2) is 7.96. The van der Waals surface area contributed by atoms with Gasteiger partial charge in [0.15, 0.2) is 0 Å². The van der Waals surface area contributed by atoms with Gasteiger partial charge in [0, 0.05) is 23.9 Å². The van der Waals surface area contributed by atoms with Gasteiger partial charge in [-0.25, -0.2) is 4.79 Å². The fraction of sp³-hybridized carbons (Fsp3) is 0.650. The average molecular weight is 430 g/mol. The molecule has 9 heteroatoms. The van der Waals surface area contributed by atoms with Crippen LogP contribution in [-0.4, -0.2) is 58.5 Å². The van der Waals surface area contributed by atoms with Crippen LogP contribution in [0.2, 0.25) is 0 Å². The molecule has 0 amide bonds. The minimum absolute atomic E-state index is 0.117. The summed E-state index contributed by atoms with van der Waals surface area (Å²) in [4.78, 5) is 18.1. The van der Waals surface area contributed by atoms with Crippen LogP contribution in [0.15, 0.2) is 29.2 Å². The van der Waals surface area contributed by atoms with Crippen molar-refractivity contribution >= 4 is 16.1 Å². The van der Waals surface area contributed by atoms with Crippen molar-refractivity contribution in [2.24, 2.45) is 0 Å². The number of aliphatic hydroxyl groups is 1. The number of benzene rings is 1. The first kappa shape index (κ1) is 23.8. The summed E-state index contributed by atoms with van der Waals surface area (Å²) in [5, 5.41) is 11.8. The van der Waals surface area contributed by atoms with Crippen LogP contribution in [0.5, 0.6) is 0 Å². The Bertz CT molecular complexity index is 838. The predicted molar refractivity (Wildman–Crippen MR) is 107 cm³/mol. The van der Waals surface area contributed by atoms with Crippen molar-refractivity contribution in [3.05, 3.63) is 29.8 Å². The Balaban J connectivity index is 2.20. The van der Waals surface area contributed by atoms with Crippen molar-refractivity contribution < 1.29 is 32.4 Å². The Morgan fingerprint density at radius 1 is 1.17 bits per heavy atom. The monoisotopic (exact) mass is 429 g/mol. The first-order valence-electron chi connectivity index (χ1n) is 9.46. The van der Waals surface area contributed by atoms with Gasteiger partial charge in [0.05, 0.1) is 17.8 Å². The third kappa shape index (κ3) is 5.99. The third-order valence-electron chi connectivity index (χ3n) is 4.76. The highest BCUT2D eigenvalue weighted by Gasteiger charge is 2.48. The summed E-state index contributed by atoms with van der Waals surface area (Å²) in [5.41, 5.74) is -2.22. The maximum absolute atomic E-state index is 12.7. The van der Waals surface area contributed by atoms with Crippen LogP contribution in [-0.2, 0) is 19.7 Å². The maximum Gasteiger partial charge on any atom is 0.339 e. The molecular weight excluding hydrogens is 398 g/mol. The van der Waals surface area contributed by atoms with Gasteiger partial charge in [-0.3, -0.25) is 9.39 Å². The molecule has 1 aromatic carbocycles. The molecule has 0 bridgehead atoms. The van der Waals surface area contributed by atoms with Crippen LogP contribution < -0.4 is 0 Å². The topological polar surface area (TPSA) is 113 Å². The summed E-state index contributed by atoms with van der Waals surface area (Å²) >= 11 is 0. The van der Waals surface area contributed by atoms with Crippen molar-refractivity contribution in [1.29, 1.82) is 0 Å². The summed E-state index contributed by atoms with van der Waals surface area (Å²) in [6.45, 7) is 11.2. The lowest BCUT2D eigenvalue weighted by molar-refractivity contribution is -0.305. The number of esters is 1. The molecule has 0 saturated carbocycles. The zero-order valence-corrected chi connectivity index (χ0v) is 18.6. The van der Waals surface area contributed by atoms with E-state index in [2.05, 4.69) is 0 Å². The zero-order valence-electron chi connectivity index (χ0n) is 17.8. The standard InChI is InChI=1S/C20H31NO7S/c1-18(2)11-14(12-19(3,4)21(18)27-13-20(5,6)23)28-17(22)15-9-7-8-10-16(15)29(24,25)26/h7-10,14,23H,11-13H2,1-6H3,(H,24,25,26). The number of hydrogen-bond donors (Lipinski definition) is 2. The molecule has 1 heterocycles. The Labute approximate surface area is 172 Å². The lowest BCUT2D eigenvalue weighted by atomic mass is 9.80. The van der Waals surface area contributed by atoms with E-state index < -0.39 is 43.8 Å². The van der Waals surface area contributed by atoms with Crippen LogP contribution in [0.4, 0.5) is 0 Å². The van der Waals surface area contributed by atoms with Gasteiger partial charge in [0.2, 0.25) is 0 Å². The van der Waals surface area contributed by atoms with Gasteiger partial charge in [-0.15, -0.1) is 0 Å². The number of piperidine rings is 1. The molecule has 8 nitrogen and oxygen atoms in total. The number of ether oxygens (including phenoxy) is 1. The van der Waals surface area contributed by atoms with E-state index >= 15 is 0 Å². The van der Waals surface area contributed by atoms with Gasteiger partial charge in [-0.1, -0.05) is 12.1 Å². The Morgan fingerprint density at radius 2 is 1.69 bits per heavy atom. The molecule has 1 saturated heterocycles. The van der Waals surface area contributed by atoms with E-state index in [-0.39, 0.29) is 12.2 Å². The van der Waals surface area contributed by atoms with Gasteiger partial charge in [-0.2, -0.15) is 13.5 Å². The average Bonchev–Trinajstić information content (AvgIpc) is 2.50. The van der Waals surface area contributed by atoms with Gasteiger partial charge in [0.1, 0.15) is 11.0 Å². The highest BCUT2D eigenvalue weighted by atomic mass is 32.2. The third-order valence-corrected chi connectivity index (χ3v) is 5.67. The van der Waals surface area contributed by atoms with E-state index in [0.717, 1.165) is 6.07 Å². The van der Waals surface area contributed by atoms with Crippen molar-refractivity contribution in [3.63, 3.8) is 0 Å². The van der Waals surface area contributed by atoms with Gasteiger partial charge < -0.3 is 9.84 Å². The number of carbonyl (C=O) groups is 1. The SMILES string of the molecule is CC(C)(O)CON1C(C)(C)CC(OC(=O)c2ccccc2S(=O)(=O)O)CC1(C)C. The number of nitrogens with zero attached hydrogens (tertiary/aromatic N) is 1. The molecule has 0 aliphatic carbocycles. The van der Waals surface area contributed by atoms with E-state index in [1.54, 1.807) is 13.8 Å². The molecule has 0 atom stereocenters. The predicted octanol–water partition coefficient (Wildman–Crippen LogP) is 2.81. The van der Waals surface area contributed by atoms with Crippen LogP contribution in [0.3, 0.4) is 0 Å². The van der Waals surface area contributed by atoms with Crippen molar-refractivity contribution in [3.8, 4) is 0 Å². The lowest BCUT2D eigenvalue weighted by Gasteiger charge is -2.53. The highest BCUT2D eigenvalue weighted by Crippen LogP contribution is 2.40. The van der Waals surface area contributed by atoms with Crippen LogP contribution in [0.25, 0.3) is 0 Å². The minimum atomic E-state index is -4.55. The van der Waals surface area contributed by atoms with Crippen LogP contribution in [0.1, 0.15) is 64.7 Å². The second-order valence-electron chi connectivity index (χ2n) is 9.41. The first-order valence-corrected chi connectivity index (χ1v) is 10.9. The van der Waals surface area contributed by atoms with Crippen molar-refractivity contribution in [2.75, 3.05) is 6.61 Å². The smallest absolute Gasteiger partial charge is 0.339 e. The summed E-state index contributed by atoms with van der Waals surface area (Å²) in [5.74, 6) is -0.805. The maximum atomic E-state index is 12.7. The second-order valence-corrected chi connectivity index (χ2v) is 10.8.